The number of hydrogen-bond acceptors (Lipinski definition) is 4. The van der Waals surface area contributed by atoms with Gasteiger partial charge in [0.2, 0.25) is 0 Å². The molecule has 7 heteroatoms. The topological polar surface area (TPSA) is 72.4 Å². The summed E-state index contributed by atoms with van der Waals surface area (Å²) >= 11 is 5.74. The molecule has 1 aromatic rings. The maximum absolute atomic E-state index is 13.4. The fourth-order valence-corrected chi connectivity index (χ4v) is 2.63. The van der Waals surface area contributed by atoms with Crippen LogP contribution in [0.25, 0.3) is 0 Å². The van der Waals surface area contributed by atoms with Crippen LogP contribution < -0.4 is 10.6 Å². The van der Waals surface area contributed by atoms with Crippen LogP contribution in [0.2, 0.25) is 5.02 Å². The van der Waals surface area contributed by atoms with Crippen LogP contribution in [0.15, 0.2) is 12.1 Å². The molecule has 1 fully saturated rings. The summed E-state index contributed by atoms with van der Waals surface area (Å²) in [6.45, 7) is 2.55. The summed E-state index contributed by atoms with van der Waals surface area (Å²) in [5.41, 5.74) is 5.97. The number of benzene rings is 1. The Bertz CT molecular complexity index is 512. The van der Waals surface area contributed by atoms with Crippen molar-refractivity contribution in [2.75, 3.05) is 11.4 Å². The van der Waals surface area contributed by atoms with E-state index in [0.717, 1.165) is 18.9 Å². The van der Waals surface area contributed by atoms with E-state index in [4.69, 9.17) is 17.3 Å². The van der Waals surface area contributed by atoms with Crippen molar-refractivity contribution >= 4 is 23.0 Å². The summed E-state index contributed by atoms with van der Waals surface area (Å²) in [7, 11) is 0. The number of anilines is 1. The molecule has 19 heavy (non-hydrogen) atoms. The average molecular weight is 288 g/mol. The summed E-state index contributed by atoms with van der Waals surface area (Å²) in [6.07, 6.45) is 1.49. The number of piperidine rings is 1. The van der Waals surface area contributed by atoms with Crippen LogP contribution in [0.5, 0.6) is 0 Å². The number of nitro groups is 1. The summed E-state index contributed by atoms with van der Waals surface area (Å²) in [5.74, 6) is -0.779. The Morgan fingerprint density at radius 3 is 2.84 bits per heavy atom. The van der Waals surface area contributed by atoms with E-state index in [1.54, 1.807) is 0 Å². The molecule has 0 saturated carbocycles. The van der Waals surface area contributed by atoms with E-state index in [1.165, 1.54) is 6.07 Å². The molecule has 2 rings (SSSR count). The van der Waals surface area contributed by atoms with Gasteiger partial charge in [-0.15, -0.1) is 0 Å². The van der Waals surface area contributed by atoms with Gasteiger partial charge in [-0.25, -0.2) is 4.39 Å². The first-order valence-corrected chi connectivity index (χ1v) is 6.43. The van der Waals surface area contributed by atoms with Crippen LogP contribution >= 0.6 is 11.6 Å². The van der Waals surface area contributed by atoms with Gasteiger partial charge in [-0.2, -0.15) is 0 Å². The number of nitrogens with zero attached hydrogens (tertiary/aromatic N) is 2. The summed E-state index contributed by atoms with van der Waals surface area (Å²) < 4.78 is 13.4. The van der Waals surface area contributed by atoms with Gasteiger partial charge >= 0.3 is 0 Å². The second kappa shape index (κ2) is 5.30. The van der Waals surface area contributed by atoms with Gasteiger partial charge in [0.15, 0.2) is 0 Å². The molecule has 0 aliphatic carbocycles. The Morgan fingerprint density at radius 2 is 2.26 bits per heavy atom. The zero-order valence-electron chi connectivity index (χ0n) is 10.5. The third-order valence-corrected chi connectivity index (χ3v) is 3.73. The number of hydrogen-bond donors (Lipinski definition) is 1. The minimum Gasteiger partial charge on any atom is -0.363 e. The third kappa shape index (κ3) is 2.79. The van der Waals surface area contributed by atoms with Gasteiger partial charge in [0, 0.05) is 18.6 Å². The molecule has 2 N–H and O–H groups in total. The van der Waals surface area contributed by atoms with E-state index in [1.807, 2.05) is 11.8 Å². The lowest BCUT2D eigenvalue weighted by Crippen LogP contribution is -2.45. The standard InChI is InChI=1S/C12H15ClFN3O2/c1-7-4-8(15)2-3-16(7)11-5-9(13)10(14)6-12(11)17(18)19/h5-8H,2-4,15H2,1H3. The Kier molecular flexibility index (Phi) is 3.91. The molecule has 1 aromatic carbocycles. The molecule has 0 amide bonds. The second-order valence-corrected chi connectivity index (χ2v) is 5.25. The molecule has 1 saturated heterocycles. The number of rotatable bonds is 2. The SMILES string of the molecule is CC1CC(N)CCN1c1cc(Cl)c(F)cc1[N+](=O)[O-]. The molecular formula is C12H15ClFN3O2. The molecule has 1 aliphatic heterocycles. The lowest BCUT2D eigenvalue weighted by molar-refractivity contribution is -0.384. The highest BCUT2D eigenvalue weighted by Crippen LogP contribution is 2.36. The minimum atomic E-state index is -0.779. The predicted octanol–water partition coefficient (Wildman–Crippen LogP) is 2.70. The highest BCUT2D eigenvalue weighted by molar-refractivity contribution is 6.31. The van der Waals surface area contributed by atoms with E-state index in [0.29, 0.717) is 12.2 Å². The highest BCUT2D eigenvalue weighted by Gasteiger charge is 2.29. The van der Waals surface area contributed by atoms with E-state index in [-0.39, 0.29) is 22.8 Å². The fraction of sp³-hybridized carbons (Fsp3) is 0.500. The molecular weight excluding hydrogens is 273 g/mol. The third-order valence-electron chi connectivity index (χ3n) is 3.44. The van der Waals surface area contributed by atoms with Crippen molar-refractivity contribution in [2.45, 2.75) is 31.8 Å². The van der Waals surface area contributed by atoms with Crippen LogP contribution in [0, 0.1) is 15.9 Å². The Hall–Kier alpha value is -1.40. The predicted molar refractivity (Wildman–Crippen MR) is 72.1 cm³/mol. The molecule has 1 heterocycles. The number of halogens is 2. The van der Waals surface area contributed by atoms with Crippen LogP contribution in [0.4, 0.5) is 15.8 Å². The van der Waals surface area contributed by atoms with Gasteiger partial charge in [0.1, 0.15) is 11.5 Å². The molecule has 2 unspecified atom stereocenters. The zero-order chi connectivity index (χ0) is 14.2. The molecule has 0 bridgehead atoms. The van der Waals surface area contributed by atoms with Gasteiger partial charge in [0.25, 0.3) is 5.69 Å². The van der Waals surface area contributed by atoms with Gasteiger partial charge < -0.3 is 10.6 Å². The van der Waals surface area contributed by atoms with Gasteiger partial charge in [0.05, 0.1) is 16.0 Å². The van der Waals surface area contributed by atoms with Crippen molar-refractivity contribution < 1.29 is 9.31 Å². The molecule has 0 aromatic heterocycles. The van der Waals surface area contributed by atoms with Gasteiger partial charge in [-0.05, 0) is 25.8 Å². The van der Waals surface area contributed by atoms with Crippen LogP contribution in [-0.2, 0) is 0 Å². The summed E-state index contributed by atoms with van der Waals surface area (Å²) in [4.78, 5) is 12.3. The van der Waals surface area contributed by atoms with Crippen LogP contribution in [-0.4, -0.2) is 23.6 Å². The minimum absolute atomic E-state index is 0.0592. The molecule has 0 spiro atoms. The molecule has 0 radical (unpaired) electrons. The number of nitro benzene ring substituents is 1. The molecule has 1 aliphatic rings. The summed E-state index contributed by atoms with van der Waals surface area (Å²) in [5, 5.41) is 10.9. The van der Waals surface area contributed by atoms with Gasteiger partial charge in [-0.3, -0.25) is 10.1 Å². The van der Waals surface area contributed by atoms with Crippen LogP contribution in [0.3, 0.4) is 0 Å². The highest BCUT2D eigenvalue weighted by atomic mass is 35.5. The Morgan fingerprint density at radius 1 is 1.58 bits per heavy atom. The van der Waals surface area contributed by atoms with Crippen molar-refractivity contribution in [1.29, 1.82) is 0 Å². The van der Waals surface area contributed by atoms with Crippen molar-refractivity contribution in [3.8, 4) is 0 Å². The van der Waals surface area contributed by atoms with Crippen molar-refractivity contribution in [3.05, 3.63) is 33.1 Å². The maximum atomic E-state index is 13.4. The monoisotopic (exact) mass is 287 g/mol. The molecule has 5 nitrogen and oxygen atoms in total. The zero-order valence-corrected chi connectivity index (χ0v) is 11.2. The second-order valence-electron chi connectivity index (χ2n) is 4.84. The first kappa shape index (κ1) is 14.0. The fourth-order valence-electron chi connectivity index (χ4n) is 2.47. The smallest absolute Gasteiger partial charge is 0.295 e. The maximum Gasteiger partial charge on any atom is 0.295 e. The van der Waals surface area contributed by atoms with E-state index < -0.39 is 10.7 Å². The molecule has 2 atom stereocenters. The van der Waals surface area contributed by atoms with Gasteiger partial charge in [-0.1, -0.05) is 11.6 Å². The lowest BCUT2D eigenvalue weighted by atomic mass is 9.98. The Labute approximate surface area is 115 Å². The van der Waals surface area contributed by atoms with Crippen molar-refractivity contribution in [2.24, 2.45) is 5.73 Å². The van der Waals surface area contributed by atoms with E-state index >= 15 is 0 Å². The molecule has 104 valence electrons. The average Bonchev–Trinajstić information content (AvgIpc) is 2.32. The normalized spacial score (nSPS) is 23.5. The van der Waals surface area contributed by atoms with E-state index in [9.17, 15) is 14.5 Å². The van der Waals surface area contributed by atoms with Crippen molar-refractivity contribution in [1.82, 2.24) is 0 Å². The number of nitrogens with two attached hydrogens (primary N) is 1. The summed E-state index contributed by atoms with van der Waals surface area (Å²) in [6, 6.07) is 2.35. The van der Waals surface area contributed by atoms with Crippen molar-refractivity contribution in [3.63, 3.8) is 0 Å². The first-order valence-electron chi connectivity index (χ1n) is 6.05. The quantitative estimate of drug-likeness (QED) is 0.670. The van der Waals surface area contributed by atoms with E-state index in [2.05, 4.69) is 0 Å². The largest absolute Gasteiger partial charge is 0.363 e. The lowest BCUT2D eigenvalue weighted by Gasteiger charge is -2.37. The first-order chi connectivity index (χ1) is 8.90. The Balaban J connectivity index is 2.43. The van der Waals surface area contributed by atoms with Crippen LogP contribution in [0.1, 0.15) is 19.8 Å².